The molecule has 0 aliphatic heterocycles. The summed E-state index contributed by atoms with van der Waals surface area (Å²) in [7, 11) is -2.48. The van der Waals surface area contributed by atoms with Crippen LogP contribution in [0.25, 0.3) is 0 Å². The van der Waals surface area contributed by atoms with E-state index in [0.717, 1.165) is 6.42 Å². The monoisotopic (exact) mass is 441 g/mol. The highest BCUT2D eigenvalue weighted by Gasteiger charge is 2.51. The molecule has 3 rings (SSSR count). The minimum atomic E-state index is -2.48. The molecular weight excluding hydrogens is 406 g/mol. The number of rotatable bonds is 7. The molecule has 3 nitrogen and oxygen atoms in total. The van der Waals surface area contributed by atoms with Gasteiger partial charge in [-0.05, 0) is 48.5 Å². The van der Waals surface area contributed by atoms with Gasteiger partial charge in [0.15, 0.2) is 0 Å². The van der Waals surface area contributed by atoms with E-state index < -0.39 is 19.7 Å². The summed E-state index contributed by atoms with van der Waals surface area (Å²) in [5.74, 6) is 0.821. The highest BCUT2D eigenvalue weighted by atomic mass is 32.2. The lowest BCUT2D eigenvalue weighted by Gasteiger charge is -2.43. The van der Waals surface area contributed by atoms with Gasteiger partial charge in [-0.25, -0.2) is 0 Å². The Balaban J connectivity index is 1.83. The van der Waals surface area contributed by atoms with Gasteiger partial charge in [0, 0.05) is 12.5 Å². The van der Waals surface area contributed by atoms with Gasteiger partial charge in [-0.1, -0.05) is 85.8 Å². The Morgan fingerprint density at radius 1 is 0.967 bits per heavy atom. The Labute approximate surface area is 186 Å². The molecule has 1 aliphatic rings. The predicted octanol–water partition coefficient (Wildman–Crippen LogP) is 4.73. The van der Waals surface area contributed by atoms with Crippen LogP contribution in [0.4, 0.5) is 0 Å². The topological polar surface area (TPSA) is 44.7 Å². The van der Waals surface area contributed by atoms with Gasteiger partial charge in [-0.15, -0.1) is 0 Å². The Bertz CT molecular complexity index is 803. The van der Waals surface area contributed by atoms with Crippen molar-refractivity contribution in [2.75, 3.05) is 6.61 Å². The summed E-state index contributed by atoms with van der Waals surface area (Å²) in [6, 6.07) is 21.5. The second kappa shape index (κ2) is 8.99. The molecule has 1 saturated carbocycles. The molecular formula is C25H35NO2SSi. The summed E-state index contributed by atoms with van der Waals surface area (Å²) in [5, 5.41) is 2.61. The number of hydrogen-bond acceptors (Lipinski definition) is 3. The van der Waals surface area contributed by atoms with E-state index in [0.29, 0.717) is 18.4 Å². The molecule has 0 N–H and O–H groups in total. The lowest BCUT2D eigenvalue weighted by atomic mass is 10.2. The Kier molecular flexibility index (Phi) is 6.97. The summed E-state index contributed by atoms with van der Waals surface area (Å²) in [6.45, 7) is 13.5. The van der Waals surface area contributed by atoms with E-state index in [-0.39, 0.29) is 9.79 Å². The zero-order valence-corrected chi connectivity index (χ0v) is 20.9. The van der Waals surface area contributed by atoms with Crippen LogP contribution in [-0.4, -0.2) is 30.4 Å². The van der Waals surface area contributed by atoms with Crippen LogP contribution in [0.2, 0.25) is 5.04 Å². The summed E-state index contributed by atoms with van der Waals surface area (Å²) < 4.78 is 23.2. The summed E-state index contributed by atoms with van der Waals surface area (Å²) in [4.78, 5) is 0. The van der Waals surface area contributed by atoms with E-state index in [1.165, 1.54) is 10.4 Å². The highest BCUT2D eigenvalue weighted by molar-refractivity contribution is 7.91. The number of nitrogens with zero attached hydrogens (tertiary/aromatic N) is 1. The maximum atomic E-state index is 12.2. The molecule has 0 unspecified atom stereocenters. The van der Waals surface area contributed by atoms with E-state index in [9.17, 15) is 4.55 Å². The number of hydrogen-bond donors (Lipinski definition) is 0. The first-order chi connectivity index (χ1) is 14.1. The van der Waals surface area contributed by atoms with Gasteiger partial charge in [-0.2, -0.15) is 0 Å². The van der Waals surface area contributed by atoms with Crippen LogP contribution in [0.1, 0.15) is 48.0 Å². The fraction of sp³-hybridized carbons (Fsp3) is 0.480. The highest BCUT2D eigenvalue weighted by Crippen LogP contribution is 2.41. The fourth-order valence-electron chi connectivity index (χ4n) is 3.93. The molecule has 0 aromatic heterocycles. The second-order valence-corrected chi connectivity index (χ2v) is 16.5. The van der Waals surface area contributed by atoms with E-state index in [1.54, 1.807) is 0 Å². The van der Waals surface area contributed by atoms with Gasteiger partial charge >= 0.3 is 0 Å². The van der Waals surface area contributed by atoms with Crippen LogP contribution in [-0.2, 0) is 15.8 Å². The summed E-state index contributed by atoms with van der Waals surface area (Å²) >= 11 is -1.19. The van der Waals surface area contributed by atoms with E-state index in [2.05, 4.69) is 85.8 Å². The Hall–Kier alpha value is -1.40. The zero-order chi connectivity index (χ0) is 22.0. The van der Waals surface area contributed by atoms with Crippen molar-refractivity contribution >= 4 is 36.3 Å². The van der Waals surface area contributed by atoms with E-state index in [4.69, 9.17) is 4.43 Å². The van der Waals surface area contributed by atoms with Crippen molar-refractivity contribution in [1.29, 1.82) is 0 Å². The van der Waals surface area contributed by atoms with Crippen LogP contribution >= 0.6 is 0 Å². The quantitative estimate of drug-likeness (QED) is 0.354. The van der Waals surface area contributed by atoms with Gasteiger partial charge < -0.3 is 8.98 Å². The third kappa shape index (κ3) is 5.08. The molecule has 30 heavy (non-hydrogen) atoms. The Morgan fingerprint density at radius 2 is 1.47 bits per heavy atom. The second-order valence-electron chi connectivity index (χ2n) is 10.2. The van der Waals surface area contributed by atoms with E-state index >= 15 is 0 Å². The van der Waals surface area contributed by atoms with Crippen molar-refractivity contribution in [2.45, 2.75) is 57.7 Å². The average Bonchev–Trinajstić information content (AvgIpc) is 3.45. The third-order valence-corrected chi connectivity index (χ3v) is 12.1. The van der Waals surface area contributed by atoms with Gasteiger partial charge in [0.2, 0.25) is 0 Å². The molecule has 1 fully saturated rings. The SMILES string of the molecule is CC(C)(C)[S@@+]([O-])/N=C/[C@@H]1C[C@H]1CO[Si](c1ccccc1)(c1ccccc1)C(C)(C)C. The molecule has 0 radical (unpaired) electrons. The molecule has 2 aromatic carbocycles. The van der Waals surface area contributed by atoms with Gasteiger partial charge in [-0.3, -0.25) is 0 Å². The normalized spacial score (nSPS) is 21.0. The summed E-state index contributed by atoms with van der Waals surface area (Å²) in [6.07, 6.45) is 2.96. The molecule has 0 spiro atoms. The maximum Gasteiger partial charge on any atom is 0.261 e. The predicted molar refractivity (Wildman–Crippen MR) is 132 cm³/mol. The first kappa shape index (κ1) is 23.3. The molecule has 162 valence electrons. The molecule has 1 aliphatic carbocycles. The smallest absolute Gasteiger partial charge is 0.261 e. The van der Waals surface area contributed by atoms with Crippen LogP contribution < -0.4 is 10.4 Å². The number of benzene rings is 2. The van der Waals surface area contributed by atoms with Crippen molar-refractivity contribution in [1.82, 2.24) is 0 Å². The lowest BCUT2D eigenvalue weighted by Crippen LogP contribution is -2.66. The molecule has 3 atom stereocenters. The van der Waals surface area contributed by atoms with Gasteiger partial charge in [0.05, 0.1) is 6.21 Å². The van der Waals surface area contributed by atoms with Crippen molar-refractivity contribution in [3.8, 4) is 0 Å². The summed E-state index contributed by atoms with van der Waals surface area (Å²) in [5.41, 5.74) is 0. The average molecular weight is 442 g/mol. The van der Waals surface area contributed by atoms with E-state index in [1.807, 2.05) is 27.0 Å². The third-order valence-electron chi connectivity index (χ3n) is 5.78. The van der Waals surface area contributed by atoms with Gasteiger partial charge in [0.1, 0.15) is 16.1 Å². The molecule has 0 saturated heterocycles. The first-order valence-electron chi connectivity index (χ1n) is 10.8. The largest absolute Gasteiger partial charge is 0.591 e. The molecule has 5 heteroatoms. The Morgan fingerprint density at radius 3 is 1.90 bits per heavy atom. The van der Waals surface area contributed by atoms with Crippen molar-refractivity contribution in [2.24, 2.45) is 16.2 Å². The van der Waals surface area contributed by atoms with Crippen molar-refractivity contribution in [3.63, 3.8) is 0 Å². The lowest BCUT2D eigenvalue weighted by molar-refractivity contribution is 0.278. The van der Waals surface area contributed by atoms with Crippen LogP contribution in [0, 0.1) is 11.8 Å². The van der Waals surface area contributed by atoms with Crippen LogP contribution in [0.3, 0.4) is 0 Å². The standard InChI is InChI=1S/C25H35NO2SSi/c1-24(2,3)29(27)26-18-20-17-21(20)19-28-30(25(4,5)6,22-13-9-7-10-14-22)23-15-11-8-12-16-23/h7-16,18,20-21H,17,19H2,1-6H3/b26-18+/t20-,21-,29+/m0/s1. The molecule has 2 aromatic rings. The van der Waals surface area contributed by atoms with Gasteiger partial charge in [0.25, 0.3) is 8.32 Å². The van der Waals surface area contributed by atoms with Crippen molar-refractivity contribution < 1.29 is 8.98 Å². The van der Waals surface area contributed by atoms with Crippen LogP contribution in [0.15, 0.2) is 65.1 Å². The minimum absolute atomic E-state index is 0.0120. The first-order valence-corrected chi connectivity index (χ1v) is 13.8. The zero-order valence-electron chi connectivity index (χ0n) is 19.1. The molecule has 0 heterocycles. The molecule has 0 bridgehead atoms. The van der Waals surface area contributed by atoms with Crippen LogP contribution in [0.5, 0.6) is 0 Å². The maximum absolute atomic E-state index is 12.2. The van der Waals surface area contributed by atoms with Crippen molar-refractivity contribution in [3.05, 3.63) is 60.7 Å². The minimum Gasteiger partial charge on any atom is -0.591 e. The molecule has 0 amide bonds. The fourth-order valence-corrected chi connectivity index (χ4v) is 9.13.